The quantitative estimate of drug-likeness (QED) is 0.847. The van der Waals surface area contributed by atoms with Crippen molar-refractivity contribution < 1.29 is 0 Å². The molecule has 1 aliphatic carbocycles. The molecule has 1 aromatic rings. The van der Waals surface area contributed by atoms with Gasteiger partial charge in [0.2, 0.25) is 0 Å². The van der Waals surface area contributed by atoms with Crippen LogP contribution in [-0.4, -0.2) is 21.5 Å². The molecule has 0 spiro atoms. The number of hydrogen-bond acceptors (Lipinski definition) is 3. The molecule has 1 N–H and O–H groups in total. The van der Waals surface area contributed by atoms with E-state index in [9.17, 15) is 0 Å². The molecule has 0 aliphatic heterocycles. The van der Waals surface area contributed by atoms with Gasteiger partial charge in [0.15, 0.2) is 0 Å². The highest BCUT2D eigenvalue weighted by atomic mass is 15.4. The standard InChI is InChI=1S/C12H22N4/c1-3-13-12(10-7-5-4-6-8-10)11-9-14-15-16(11)2/h9-10,12-13H,3-8H2,1-2H3. The van der Waals surface area contributed by atoms with Crippen LogP contribution in [0.3, 0.4) is 0 Å². The summed E-state index contributed by atoms with van der Waals surface area (Å²) < 4.78 is 1.90. The predicted molar refractivity (Wildman–Crippen MR) is 64.0 cm³/mol. The Bertz CT molecular complexity index is 315. The second kappa shape index (κ2) is 5.43. The zero-order chi connectivity index (χ0) is 11.4. The van der Waals surface area contributed by atoms with Crippen LogP contribution in [-0.2, 0) is 7.05 Å². The van der Waals surface area contributed by atoms with E-state index in [1.54, 1.807) is 0 Å². The third kappa shape index (κ3) is 2.43. The van der Waals surface area contributed by atoms with Crippen LogP contribution < -0.4 is 5.32 Å². The van der Waals surface area contributed by atoms with Crippen molar-refractivity contribution in [3.05, 3.63) is 11.9 Å². The van der Waals surface area contributed by atoms with Gasteiger partial charge in [0.1, 0.15) is 0 Å². The summed E-state index contributed by atoms with van der Waals surface area (Å²) in [7, 11) is 1.98. The van der Waals surface area contributed by atoms with E-state index in [2.05, 4.69) is 22.6 Å². The van der Waals surface area contributed by atoms with Gasteiger partial charge in [-0.15, -0.1) is 5.10 Å². The molecular formula is C12H22N4. The molecule has 1 heterocycles. The Hall–Kier alpha value is -0.900. The minimum Gasteiger partial charge on any atom is -0.309 e. The summed E-state index contributed by atoms with van der Waals surface area (Å²) >= 11 is 0. The molecule has 1 aliphatic rings. The molecule has 0 radical (unpaired) electrons. The average molecular weight is 222 g/mol. The highest BCUT2D eigenvalue weighted by Gasteiger charge is 2.26. The molecule has 0 amide bonds. The summed E-state index contributed by atoms with van der Waals surface area (Å²) in [6.07, 6.45) is 8.72. The Morgan fingerprint density at radius 3 is 2.75 bits per heavy atom. The number of nitrogens with one attached hydrogen (secondary N) is 1. The topological polar surface area (TPSA) is 42.7 Å². The van der Waals surface area contributed by atoms with E-state index in [-0.39, 0.29) is 0 Å². The van der Waals surface area contributed by atoms with E-state index in [4.69, 9.17) is 0 Å². The molecule has 1 unspecified atom stereocenters. The molecule has 4 heteroatoms. The minimum atomic E-state index is 0.435. The van der Waals surface area contributed by atoms with Crippen molar-refractivity contribution in [1.82, 2.24) is 20.3 Å². The Morgan fingerprint density at radius 1 is 1.44 bits per heavy atom. The first-order valence-corrected chi connectivity index (χ1v) is 6.41. The van der Waals surface area contributed by atoms with Gasteiger partial charge in [-0.1, -0.05) is 31.4 Å². The van der Waals surface area contributed by atoms with Gasteiger partial charge in [-0.05, 0) is 25.3 Å². The maximum absolute atomic E-state index is 4.04. The molecule has 4 nitrogen and oxygen atoms in total. The fourth-order valence-electron chi connectivity index (χ4n) is 2.78. The van der Waals surface area contributed by atoms with E-state index in [1.807, 2.05) is 17.9 Å². The van der Waals surface area contributed by atoms with Gasteiger partial charge >= 0.3 is 0 Å². The third-order valence-electron chi connectivity index (χ3n) is 3.61. The lowest BCUT2D eigenvalue weighted by Gasteiger charge is -2.30. The van der Waals surface area contributed by atoms with Crippen molar-refractivity contribution in [3.63, 3.8) is 0 Å². The molecule has 2 rings (SSSR count). The predicted octanol–water partition coefficient (Wildman–Crippen LogP) is 2.05. The number of aryl methyl sites for hydroxylation is 1. The normalized spacial score (nSPS) is 19.9. The van der Waals surface area contributed by atoms with Gasteiger partial charge in [0.05, 0.1) is 17.9 Å². The lowest BCUT2D eigenvalue weighted by Crippen LogP contribution is -2.31. The van der Waals surface area contributed by atoms with Crippen molar-refractivity contribution in [1.29, 1.82) is 0 Å². The van der Waals surface area contributed by atoms with Gasteiger partial charge in [-0.2, -0.15) is 0 Å². The Morgan fingerprint density at radius 2 is 2.19 bits per heavy atom. The summed E-state index contributed by atoms with van der Waals surface area (Å²) in [5.41, 5.74) is 1.23. The van der Waals surface area contributed by atoms with Crippen LogP contribution in [0.2, 0.25) is 0 Å². The van der Waals surface area contributed by atoms with E-state index in [0.717, 1.165) is 12.5 Å². The fraction of sp³-hybridized carbons (Fsp3) is 0.833. The lowest BCUT2D eigenvalue weighted by molar-refractivity contribution is 0.265. The van der Waals surface area contributed by atoms with Gasteiger partial charge in [-0.25, -0.2) is 0 Å². The van der Waals surface area contributed by atoms with Crippen LogP contribution in [0, 0.1) is 5.92 Å². The Kier molecular flexibility index (Phi) is 3.93. The first-order valence-electron chi connectivity index (χ1n) is 6.41. The van der Waals surface area contributed by atoms with E-state index in [0.29, 0.717) is 6.04 Å². The number of rotatable bonds is 4. The molecule has 1 atom stereocenters. The van der Waals surface area contributed by atoms with Crippen molar-refractivity contribution in [3.8, 4) is 0 Å². The smallest absolute Gasteiger partial charge is 0.0756 e. The van der Waals surface area contributed by atoms with E-state index >= 15 is 0 Å². The van der Waals surface area contributed by atoms with Crippen LogP contribution in [0.25, 0.3) is 0 Å². The average Bonchev–Trinajstić information content (AvgIpc) is 2.73. The SMILES string of the molecule is CCNC(c1cnnn1C)C1CCCCC1. The summed E-state index contributed by atoms with van der Waals surface area (Å²) in [6.45, 7) is 3.17. The molecule has 0 bridgehead atoms. The first kappa shape index (κ1) is 11.6. The summed E-state index contributed by atoms with van der Waals surface area (Å²) in [6, 6.07) is 0.435. The molecule has 90 valence electrons. The van der Waals surface area contributed by atoms with Crippen molar-refractivity contribution in [2.24, 2.45) is 13.0 Å². The third-order valence-corrected chi connectivity index (χ3v) is 3.61. The minimum absolute atomic E-state index is 0.435. The molecule has 1 saturated carbocycles. The van der Waals surface area contributed by atoms with E-state index < -0.39 is 0 Å². The maximum Gasteiger partial charge on any atom is 0.0756 e. The zero-order valence-corrected chi connectivity index (χ0v) is 10.3. The first-order chi connectivity index (χ1) is 7.83. The van der Waals surface area contributed by atoms with Crippen molar-refractivity contribution in [2.45, 2.75) is 45.1 Å². The van der Waals surface area contributed by atoms with Crippen LogP contribution in [0.5, 0.6) is 0 Å². The van der Waals surface area contributed by atoms with Crippen molar-refractivity contribution in [2.75, 3.05) is 6.54 Å². The number of hydrogen-bond donors (Lipinski definition) is 1. The van der Waals surface area contributed by atoms with Gasteiger partial charge in [0, 0.05) is 7.05 Å². The number of nitrogens with zero attached hydrogens (tertiary/aromatic N) is 3. The van der Waals surface area contributed by atoms with Crippen LogP contribution >= 0.6 is 0 Å². The maximum atomic E-state index is 4.04. The Balaban J connectivity index is 2.12. The van der Waals surface area contributed by atoms with Crippen LogP contribution in [0.1, 0.15) is 50.8 Å². The molecule has 0 saturated heterocycles. The largest absolute Gasteiger partial charge is 0.309 e. The van der Waals surface area contributed by atoms with Crippen LogP contribution in [0.4, 0.5) is 0 Å². The number of aromatic nitrogens is 3. The highest BCUT2D eigenvalue weighted by molar-refractivity contribution is 5.04. The van der Waals surface area contributed by atoms with Gasteiger partial charge in [0.25, 0.3) is 0 Å². The monoisotopic (exact) mass is 222 g/mol. The second-order valence-electron chi connectivity index (χ2n) is 4.72. The summed E-state index contributed by atoms with van der Waals surface area (Å²) in [4.78, 5) is 0. The Labute approximate surface area is 97.4 Å². The van der Waals surface area contributed by atoms with Gasteiger partial charge < -0.3 is 5.32 Å². The molecule has 0 aromatic carbocycles. The molecule has 1 aromatic heterocycles. The highest BCUT2D eigenvalue weighted by Crippen LogP contribution is 2.33. The lowest BCUT2D eigenvalue weighted by atomic mass is 9.82. The van der Waals surface area contributed by atoms with E-state index in [1.165, 1.54) is 37.8 Å². The molecule has 1 fully saturated rings. The van der Waals surface area contributed by atoms with Crippen LogP contribution in [0.15, 0.2) is 6.20 Å². The second-order valence-corrected chi connectivity index (χ2v) is 4.72. The zero-order valence-electron chi connectivity index (χ0n) is 10.3. The fourth-order valence-corrected chi connectivity index (χ4v) is 2.78. The molecule has 16 heavy (non-hydrogen) atoms. The summed E-state index contributed by atoms with van der Waals surface area (Å²) in [5, 5.41) is 11.6. The molecular weight excluding hydrogens is 200 g/mol. The van der Waals surface area contributed by atoms with Gasteiger partial charge in [-0.3, -0.25) is 4.68 Å². The van der Waals surface area contributed by atoms with Crippen molar-refractivity contribution >= 4 is 0 Å². The summed E-state index contributed by atoms with van der Waals surface area (Å²) in [5.74, 6) is 0.755.